The van der Waals surface area contributed by atoms with Crippen molar-refractivity contribution in [1.82, 2.24) is 0 Å². The Morgan fingerprint density at radius 3 is 2.79 bits per heavy atom. The van der Waals surface area contributed by atoms with Crippen LogP contribution in [-0.4, -0.2) is 0 Å². The van der Waals surface area contributed by atoms with Crippen LogP contribution in [0.2, 0.25) is 0 Å². The molecule has 4 aliphatic carbocycles. The average molecular weight is 258 g/mol. The molecule has 0 saturated heterocycles. The Labute approximate surface area is 119 Å². The molecule has 4 aliphatic rings. The largest absolute Gasteiger partial charge is 0.0877 e. The topological polar surface area (TPSA) is 0 Å². The molecule has 0 bridgehead atoms. The first-order valence-corrected chi connectivity index (χ1v) is 8.87. The van der Waals surface area contributed by atoms with Crippen molar-refractivity contribution >= 4 is 0 Å². The van der Waals surface area contributed by atoms with E-state index in [4.69, 9.17) is 0 Å². The second kappa shape index (κ2) is 4.37. The summed E-state index contributed by atoms with van der Waals surface area (Å²) in [6.07, 6.45) is 17.2. The maximum Gasteiger partial charge on any atom is -0.0112 e. The van der Waals surface area contributed by atoms with E-state index in [1.165, 1.54) is 32.1 Å². The summed E-state index contributed by atoms with van der Waals surface area (Å²) in [6.45, 7) is 5.14. The lowest BCUT2D eigenvalue weighted by Crippen LogP contribution is -2.49. The number of hydrogen-bond acceptors (Lipinski definition) is 0. The van der Waals surface area contributed by atoms with Crippen molar-refractivity contribution in [3.05, 3.63) is 12.2 Å². The summed E-state index contributed by atoms with van der Waals surface area (Å²) in [5.41, 5.74) is 0.566. The summed E-state index contributed by atoms with van der Waals surface area (Å²) < 4.78 is 0. The summed E-state index contributed by atoms with van der Waals surface area (Å²) in [5.74, 6) is 6.34. The summed E-state index contributed by atoms with van der Waals surface area (Å²) >= 11 is 0. The van der Waals surface area contributed by atoms with E-state index < -0.39 is 0 Å². The molecule has 0 N–H and O–H groups in total. The molecule has 106 valence electrons. The Morgan fingerprint density at radius 1 is 1.05 bits per heavy atom. The molecule has 3 saturated carbocycles. The summed E-state index contributed by atoms with van der Waals surface area (Å²) in [5, 5.41) is 0. The lowest BCUT2D eigenvalue weighted by Gasteiger charge is -2.57. The van der Waals surface area contributed by atoms with Crippen molar-refractivity contribution in [2.45, 2.75) is 65.2 Å². The quantitative estimate of drug-likeness (QED) is 0.507. The highest BCUT2D eigenvalue weighted by Gasteiger charge is 2.53. The van der Waals surface area contributed by atoms with Crippen LogP contribution in [0.4, 0.5) is 0 Å². The Hall–Kier alpha value is -0.260. The normalized spacial score (nSPS) is 56.3. The van der Waals surface area contributed by atoms with Gasteiger partial charge in [-0.3, -0.25) is 0 Å². The predicted octanol–water partition coefficient (Wildman–Crippen LogP) is 5.44. The van der Waals surface area contributed by atoms with E-state index in [1.807, 2.05) is 0 Å². The highest BCUT2D eigenvalue weighted by atomic mass is 14.6. The zero-order valence-electron chi connectivity index (χ0n) is 12.8. The van der Waals surface area contributed by atoms with Crippen LogP contribution in [0.3, 0.4) is 0 Å². The molecular weight excluding hydrogens is 228 g/mol. The van der Waals surface area contributed by atoms with Gasteiger partial charge in [0.1, 0.15) is 0 Å². The third kappa shape index (κ3) is 1.78. The van der Waals surface area contributed by atoms with E-state index in [2.05, 4.69) is 26.0 Å². The third-order valence-electron chi connectivity index (χ3n) is 7.56. The standard InChI is InChI=1S/C19H30/c1-13-12-14-6-3-4-7-15(14)16-9-11-19(2)10-5-8-17(19)18(13)16/h5,10,13-18H,3-4,6-9,11-12H2,1-2H3/t13-,14?,15+,16-,17+,18-,19+/m1/s1. The molecule has 0 heteroatoms. The SMILES string of the molecule is C[C@@H]1CC2CCCC[C@@H]2[C@H]2CC[C@]3(C)C=CC[C@H]3[C@@H]21. The molecule has 0 aromatic carbocycles. The molecule has 0 aromatic heterocycles. The molecule has 1 unspecified atom stereocenters. The maximum atomic E-state index is 2.59. The Kier molecular flexibility index (Phi) is 2.87. The summed E-state index contributed by atoms with van der Waals surface area (Å²) in [6, 6.07) is 0. The van der Waals surface area contributed by atoms with E-state index in [0.29, 0.717) is 5.41 Å². The monoisotopic (exact) mass is 258 g/mol. The van der Waals surface area contributed by atoms with E-state index >= 15 is 0 Å². The highest BCUT2D eigenvalue weighted by Crippen LogP contribution is 2.61. The van der Waals surface area contributed by atoms with Gasteiger partial charge in [0.2, 0.25) is 0 Å². The molecule has 19 heavy (non-hydrogen) atoms. The fourth-order valence-corrected chi connectivity index (χ4v) is 6.76. The number of allylic oxidation sites excluding steroid dienone is 2. The van der Waals surface area contributed by atoms with Crippen molar-refractivity contribution in [3.8, 4) is 0 Å². The van der Waals surface area contributed by atoms with Gasteiger partial charge in [0, 0.05) is 0 Å². The van der Waals surface area contributed by atoms with Crippen molar-refractivity contribution in [3.63, 3.8) is 0 Å². The molecule has 0 heterocycles. The number of fused-ring (bicyclic) bond motifs is 5. The lowest BCUT2D eigenvalue weighted by atomic mass is 9.48. The third-order valence-corrected chi connectivity index (χ3v) is 7.56. The molecule has 0 aliphatic heterocycles. The van der Waals surface area contributed by atoms with Gasteiger partial charge in [-0.25, -0.2) is 0 Å². The Bertz CT molecular complexity index is 381. The Balaban J connectivity index is 1.64. The molecule has 7 atom stereocenters. The first-order valence-electron chi connectivity index (χ1n) is 8.87. The van der Waals surface area contributed by atoms with Crippen LogP contribution in [0.1, 0.15) is 65.2 Å². The van der Waals surface area contributed by atoms with Crippen molar-refractivity contribution in [1.29, 1.82) is 0 Å². The van der Waals surface area contributed by atoms with Gasteiger partial charge >= 0.3 is 0 Å². The van der Waals surface area contributed by atoms with Gasteiger partial charge < -0.3 is 0 Å². The minimum absolute atomic E-state index is 0.566. The maximum absolute atomic E-state index is 2.59. The van der Waals surface area contributed by atoms with Crippen LogP contribution in [0.25, 0.3) is 0 Å². The smallest absolute Gasteiger partial charge is 0.0112 e. The molecule has 0 radical (unpaired) electrons. The van der Waals surface area contributed by atoms with Gasteiger partial charge in [-0.2, -0.15) is 0 Å². The van der Waals surface area contributed by atoms with Crippen LogP contribution in [-0.2, 0) is 0 Å². The molecule has 0 aromatic rings. The molecule has 0 spiro atoms. The van der Waals surface area contributed by atoms with Gasteiger partial charge in [0.25, 0.3) is 0 Å². The Morgan fingerprint density at radius 2 is 1.89 bits per heavy atom. The molecule has 3 fully saturated rings. The molecular formula is C19H30. The van der Waals surface area contributed by atoms with Crippen molar-refractivity contribution < 1.29 is 0 Å². The van der Waals surface area contributed by atoms with Gasteiger partial charge in [-0.1, -0.05) is 45.3 Å². The minimum Gasteiger partial charge on any atom is -0.0877 e. The minimum atomic E-state index is 0.566. The fourth-order valence-electron chi connectivity index (χ4n) is 6.76. The lowest BCUT2D eigenvalue weighted by molar-refractivity contribution is -0.0707. The van der Waals surface area contributed by atoms with Crippen LogP contribution in [0.15, 0.2) is 12.2 Å². The molecule has 0 amide bonds. The van der Waals surface area contributed by atoms with Crippen LogP contribution in [0, 0.1) is 40.9 Å². The second-order valence-corrected chi connectivity index (χ2v) is 8.45. The fraction of sp³-hybridized carbons (Fsp3) is 0.895. The number of hydrogen-bond donors (Lipinski definition) is 0. The highest BCUT2D eigenvalue weighted by molar-refractivity contribution is 5.15. The van der Waals surface area contributed by atoms with E-state index in [9.17, 15) is 0 Å². The van der Waals surface area contributed by atoms with Crippen LogP contribution >= 0.6 is 0 Å². The van der Waals surface area contributed by atoms with E-state index in [0.717, 1.165) is 35.5 Å². The summed E-state index contributed by atoms with van der Waals surface area (Å²) in [4.78, 5) is 0. The van der Waals surface area contributed by atoms with Crippen molar-refractivity contribution in [2.75, 3.05) is 0 Å². The van der Waals surface area contributed by atoms with Crippen LogP contribution < -0.4 is 0 Å². The first-order chi connectivity index (χ1) is 9.19. The van der Waals surface area contributed by atoms with Crippen LogP contribution in [0.5, 0.6) is 0 Å². The predicted molar refractivity (Wildman–Crippen MR) is 80.8 cm³/mol. The van der Waals surface area contributed by atoms with Gasteiger partial charge in [0.15, 0.2) is 0 Å². The van der Waals surface area contributed by atoms with Gasteiger partial charge in [-0.05, 0) is 73.0 Å². The second-order valence-electron chi connectivity index (χ2n) is 8.45. The first kappa shape index (κ1) is 12.5. The number of rotatable bonds is 0. The van der Waals surface area contributed by atoms with E-state index in [-0.39, 0.29) is 0 Å². The van der Waals surface area contributed by atoms with Crippen molar-refractivity contribution in [2.24, 2.45) is 40.9 Å². The molecule has 0 nitrogen and oxygen atoms in total. The van der Waals surface area contributed by atoms with Gasteiger partial charge in [-0.15, -0.1) is 0 Å². The zero-order valence-corrected chi connectivity index (χ0v) is 12.8. The van der Waals surface area contributed by atoms with E-state index in [1.54, 1.807) is 19.3 Å². The average Bonchev–Trinajstić information content (AvgIpc) is 2.80. The molecule has 4 rings (SSSR count). The summed E-state index contributed by atoms with van der Waals surface area (Å²) in [7, 11) is 0. The van der Waals surface area contributed by atoms with Gasteiger partial charge in [0.05, 0.1) is 0 Å². The zero-order chi connectivity index (χ0) is 13.0.